The fraction of sp³-hybridized carbons (Fsp3) is 0. The summed E-state index contributed by atoms with van der Waals surface area (Å²) in [4.78, 5) is 20.0. The molecule has 10 heavy (non-hydrogen) atoms. The molecule has 0 amide bonds. The van der Waals surface area contributed by atoms with E-state index in [1.165, 1.54) is 6.07 Å². The molecular weight excluding hydrogens is 172 g/mol. The lowest BCUT2D eigenvalue weighted by Gasteiger charge is -1.65. The molecule has 0 unspecified atom stereocenters. The van der Waals surface area contributed by atoms with Crippen LogP contribution in [0.15, 0.2) is 6.07 Å². The summed E-state index contributed by atoms with van der Waals surface area (Å²) in [7, 11) is 0. The Hall–Kier alpha value is -0.850. The third-order valence-corrected chi connectivity index (χ3v) is 2.22. The van der Waals surface area contributed by atoms with Crippen LogP contribution in [-0.4, -0.2) is 11.9 Å². The molecule has 0 spiro atoms. The molecule has 1 aromatic heterocycles. The molecule has 0 N–H and O–H groups in total. The van der Waals surface area contributed by atoms with Crippen molar-refractivity contribution in [2.75, 3.05) is 0 Å². The Kier molecular flexibility index (Phi) is 2.05. The number of rotatable bonds is 0. The molecule has 50 valence electrons. The predicted octanol–water partition coefficient (Wildman–Crippen LogP) is -0.592. The van der Waals surface area contributed by atoms with E-state index in [2.05, 4.69) is 0 Å². The molecule has 0 fully saturated rings. The topological polar surface area (TPSA) is 34.1 Å². The van der Waals surface area contributed by atoms with Crippen LogP contribution < -0.4 is 9.06 Å². The van der Waals surface area contributed by atoms with Crippen molar-refractivity contribution in [2.45, 2.75) is 0 Å². The number of hydrogen-bond donors (Lipinski definition) is 0. The van der Waals surface area contributed by atoms with Crippen LogP contribution >= 0.6 is 22.9 Å². The van der Waals surface area contributed by atoms with Gasteiger partial charge in [0, 0.05) is 0 Å². The molecule has 1 aromatic rings. The SMILES string of the molecule is O=C=c1cc(Cl)c(=C=O)s1. The molecule has 0 saturated heterocycles. The van der Waals surface area contributed by atoms with Crippen LogP contribution in [0.1, 0.15) is 0 Å². The van der Waals surface area contributed by atoms with Gasteiger partial charge < -0.3 is 0 Å². The monoisotopic (exact) mass is 172 g/mol. The predicted molar refractivity (Wildman–Crippen MR) is 38.2 cm³/mol. The minimum absolute atomic E-state index is 0.250. The highest BCUT2D eigenvalue weighted by Crippen LogP contribution is 1.96. The van der Waals surface area contributed by atoms with Crippen LogP contribution in [0.3, 0.4) is 0 Å². The first-order valence-corrected chi connectivity index (χ1v) is 3.53. The number of hydrogen-bond acceptors (Lipinski definition) is 3. The summed E-state index contributed by atoms with van der Waals surface area (Å²) in [5.41, 5.74) is 0. The van der Waals surface area contributed by atoms with Gasteiger partial charge in [-0.3, -0.25) is 0 Å². The Morgan fingerprint density at radius 3 is 2.40 bits per heavy atom. The first kappa shape index (κ1) is 7.26. The highest BCUT2D eigenvalue weighted by atomic mass is 35.5. The van der Waals surface area contributed by atoms with Gasteiger partial charge in [0.25, 0.3) is 0 Å². The highest BCUT2D eigenvalue weighted by Gasteiger charge is 1.94. The van der Waals surface area contributed by atoms with Crippen LogP contribution in [0, 0.1) is 0 Å². The first-order chi connectivity index (χ1) is 4.77. The van der Waals surface area contributed by atoms with E-state index >= 15 is 0 Å². The summed E-state index contributed by atoms with van der Waals surface area (Å²) >= 11 is 6.47. The molecule has 0 saturated carbocycles. The largest absolute Gasteiger partial charge is 0.232 e. The van der Waals surface area contributed by atoms with Gasteiger partial charge in [-0.2, -0.15) is 0 Å². The average Bonchev–Trinajstić information content (AvgIpc) is 2.30. The molecular formula is C6HClO2S. The van der Waals surface area contributed by atoms with Crippen LogP contribution in [0.4, 0.5) is 0 Å². The third-order valence-electron chi connectivity index (χ3n) is 0.880. The van der Waals surface area contributed by atoms with E-state index in [0.717, 1.165) is 11.3 Å². The quantitative estimate of drug-likeness (QED) is 0.524. The summed E-state index contributed by atoms with van der Waals surface area (Å²) in [5, 5.41) is 0.262. The lowest BCUT2D eigenvalue weighted by atomic mass is 10.6. The van der Waals surface area contributed by atoms with Gasteiger partial charge in [-0.05, 0) is 6.07 Å². The number of halogens is 1. The van der Waals surface area contributed by atoms with Gasteiger partial charge >= 0.3 is 0 Å². The Morgan fingerprint density at radius 1 is 1.40 bits per heavy atom. The molecule has 2 nitrogen and oxygen atoms in total. The van der Waals surface area contributed by atoms with Crippen LogP contribution in [-0.2, 0) is 9.59 Å². The maximum Gasteiger partial charge on any atom is 0.145 e. The second-order valence-corrected chi connectivity index (χ2v) is 2.95. The second kappa shape index (κ2) is 2.82. The molecule has 0 bridgehead atoms. The normalized spacial score (nSPS) is 8.50. The van der Waals surface area contributed by atoms with Crippen LogP contribution in [0.5, 0.6) is 0 Å². The average molecular weight is 173 g/mol. The summed E-state index contributed by atoms with van der Waals surface area (Å²) in [6.45, 7) is 0. The van der Waals surface area contributed by atoms with E-state index in [-0.39, 0.29) is 9.55 Å². The van der Waals surface area contributed by atoms with Gasteiger partial charge in [0.1, 0.15) is 20.9 Å². The van der Waals surface area contributed by atoms with Gasteiger partial charge in [0.2, 0.25) is 0 Å². The minimum atomic E-state index is 0.250. The Balaban J connectivity index is 3.78. The molecule has 4 heteroatoms. The lowest BCUT2D eigenvalue weighted by molar-refractivity contribution is 0.567. The second-order valence-electron chi connectivity index (χ2n) is 1.49. The summed E-state index contributed by atoms with van der Waals surface area (Å²) in [5.74, 6) is 3.24. The van der Waals surface area contributed by atoms with E-state index in [1.54, 1.807) is 11.9 Å². The van der Waals surface area contributed by atoms with Gasteiger partial charge in [-0.15, -0.1) is 11.3 Å². The fourth-order valence-corrected chi connectivity index (χ4v) is 1.45. The smallest absolute Gasteiger partial charge is 0.145 e. The third kappa shape index (κ3) is 1.18. The van der Waals surface area contributed by atoms with Crippen LogP contribution in [0.25, 0.3) is 0 Å². The molecule has 0 aliphatic rings. The summed E-state index contributed by atoms with van der Waals surface area (Å²) in [6.07, 6.45) is 0. The molecule has 1 heterocycles. The summed E-state index contributed by atoms with van der Waals surface area (Å²) in [6, 6.07) is 1.39. The van der Waals surface area contributed by atoms with Gasteiger partial charge in [-0.25, -0.2) is 9.59 Å². The van der Waals surface area contributed by atoms with Crippen molar-refractivity contribution < 1.29 is 9.59 Å². The van der Waals surface area contributed by atoms with Crippen molar-refractivity contribution in [3.05, 3.63) is 20.2 Å². The maximum absolute atomic E-state index is 10.0. The van der Waals surface area contributed by atoms with Crippen molar-refractivity contribution in [1.82, 2.24) is 0 Å². The molecule has 1 rings (SSSR count). The highest BCUT2D eigenvalue weighted by molar-refractivity contribution is 7.08. The van der Waals surface area contributed by atoms with Crippen molar-refractivity contribution in [2.24, 2.45) is 0 Å². The van der Waals surface area contributed by atoms with E-state index < -0.39 is 0 Å². The van der Waals surface area contributed by atoms with Gasteiger partial charge in [0.05, 0.1) is 5.02 Å². The van der Waals surface area contributed by atoms with Crippen LogP contribution in [0.2, 0.25) is 5.02 Å². The first-order valence-electron chi connectivity index (χ1n) is 2.33. The standard InChI is InChI=1S/C6HClO2S/c7-5-1-4(2-8)10-6(5)3-9/h1H. The number of carbonyl (C=O) groups excluding carboxylic acids is 2. The van der Waals surface area contributed by atoms with E-state index in [0.29, 0.717) is 4.53 Å². The zero-order valence-electron chi connectivity index (χ0n) is 4.68. The van der Waals surface area contributed by atoms with E-state index in [1.807, 2.05) is 0 Å². The van der Waals surface area contributed by atoms with Crippen molar-refractivity contribution >= 4 is 34.8 Å². The summed E-state index contributed by atoms with van der Waals surface area (Å²) < 4.78 is 0.573. The van der Waals surface area contributed by atoms with Crippen molar-refractivity contribution in [1.29, 1.82) is 0 Å². The zero-order chi connectivity index (χ0) is 7.56. The zero-order valence-corrected chi connectivity index (χ0v) is 6.25. The Labute approximate surface area is 65.0 Å². The lowest BCUT2D eigenvalue weighted by Crippen LogP contribution is -1.94. The van der Waals surface area contributed by atoms with E-state index in [4.69, 9.17) is 11.6 Å². The minimum Gasteiger partial charge on any atom is -0.232 e. The Morgan fingerprint density at radius 2 is 2.10 bits per heavy atom. The number of thiophene rings is 1. The fourth-order valence-electron chi connectivity index (χ4n) is 0.489. The van der Waals surface area contributed by atoms with Gasteiger partial charge in [0.15, 0.2) is 0 Å². The van der Waals surface area contributed by atoms with E-state index in [9.17, 15) is 9.59 Å². The molecule has 0 aromatic carbocycles. The van der Waals surface area contributed by atoms with Crippen molar-refractivity contribution in [3.63, 3.8) is 0 Å². The molecule has 0 aliphatic carbocycles. The molecule has 0 radical (unpaired) electrons. The van der Waals surface area contributed by atoms with Crippen molar-refractivity contribution in [3.8, 4) is 0 Å². The maximum atomic E-state index is 10.0. The molecule has 0 aliphatic heterocycles. The Bertz CT molecular complexity index is 396. The molecule has 0 atom stereocenters. The van der Waals surface area contributed by atoms with Gasteiger partial charge in [-0.1, -0.05) is 11.6 Å².